The molecule has 0 heterocycles. The normalized spacial score (nSPS) is 27.9. The molecule has 2 aliphatic carbocycles. The van der Waals surface area contributed by atoms with Gasteiger partial charge in [-0.25, -0.2) is 4.79 Å². The third-order valence-corrected chi connectivity index (χ3v) is 7.47. The van der Waals surface area contributed by atoms with Gasteiger partial charge in [-0.15, -0.1) is 0 Å². The second kappa shape index (κ2) is 10.6. The van der Waals surface area contributed by atoms with Gasteiger partial charge in [-0.3, -0.25) is 4.79 Å². The molecule has 2 saturated carbocycles. The van der Waals surface area contributed by atoms with Gasteiger partial charge in [-0.1, -0.05) is 72.3 Å². The molecule has 4 heteroatoms. The largest absolute Gasteiger partial charge is 0.463 e. The average Bonchev–Trinajstić information content (AvgIpc) is 2.98. The Hall–Kier alpha value is -1.16. The van der Waals surface area contributed by atoms with Crippen LogP contribution in [0.3, 0.4) is 0 Å². The predicted octanol–water partition coefficient (Wildman–Crippen LogP) is 5.64. The number of fused-ring (bicyclic) bond motifs is 2. The van der Waals surface area contributed by atoms with E-state index in [1.165, 1.54) is 44.6 Å². The van der Waals surface area contributed by atoms with E-state index in [0.717, 1.165) is 38.7 Å². The van der Waals surface area contributed by atoms with Gasteiger partial charge >= 0.3 is 5.97 Å². The van der Waals surface area contributed by atoms with Crippen LogP contribution in [0.15, 0.2) is 12.7 Å². The Kier molecular flexibility index (Phi) is 8.73. The van der Waals surface area contributed by atoms with E-state index in [2.05, 4.69) is 27.4 Å². The van der Waals surface area contributed by atoms with Crippen LogP contribution in [0.25, 0.3) is 0 Å². The Morgan fingerprint density at radius 3 is 2.04 bits per heavy atom. The highest BCUT2D eigenvalue weighted by atomic mass is 16.5. The van der Waals surface area contributed by atoms with Gasteiger partial charge in [0.2, 0.25) is 0 Å². The quantitative estimate of drug-likeness (QED) is 0.218. The van der Waals surface area contributed by atoms with Crippen molar-refractivity contribution in [2.75, 3.05) is 13.2 Å². The predicted molar refractivity (Wildman–Crippen MR) is 112 cm³/mol. The molecular formula is C24H40O4. The van der Waals surface area contributed by atoms with Crippen molar-refractivity contribution in [3.63, 3.8) is 0 Å². The number of carbonyl (C=O) groups is 2. The van der Waals surface area contributed by atoms with Crippen molar-refractivity contribution in [3.05, 3.63) is 12.7 Å². The zero-order valence-electron chi connectivity index (χ0n) is 18.3. The fraction of sp³-hybridized carbons (Fsp3) is 0.833. The Morgan fingerprint density at radius 1 is 1.00 bits per heavy atom. The van der Waals surface area contributed by atoms with Crippen molar-refractivity contribution >= 4 is 11.8 Å². The summed E-state index contributed by atoms with van der Waals surface area (Å²) in [5.74, 6) is 0.435. The second-order valence-corrected chi connectivity index (χ2v) is 9.41. The first-order valence-corrected chi connectivity index (χ1v) is 11.3. The molecule has 0 N–H and O–H groups in total. The van der Waals surface area contributed by atoms with Crippen molar-refractivity contribution in [2.24, 2.45) is 16.7 Å². The summed E-state index contributed by atoms with van der Waals surface area (Å²) in [6, 6.07) is 0. The van der Waals surface area contributed by atoms with Gasteiger partial charge in [0.1, 0.15) is 6.10 Å². The summed E-state index contributed by atoms with van der Waals surface area (Å²) in [6.07, 6.45) is 13.7. The molecule has 2 fully saturated rings. The molecule has 4 nitrogen and oxygen atoms in total. The summed E-state index contributed by atoms with van der Waals surface area (Å²) < 4.78 is 11.0. The first kappa shape index (κ1) is 23.1. The zero-order valence-corrected chi connectivity index (χ0v) is 18.3. The van der Waals surface area contributed by atoms with Crippen molar-refractivity contribution in [3.8, 4) is 0 Å². The summed E-state index contributed by atoms with van der Waals surface area (Å²) in [4.78, 5) is 23.6. The minimum atomic E-state index is -0.327. The first-order chi connectivity index (χ1) is 13.3. The topological polar surface area (TPSA) is 52.6 Å². The highest BCUT2D eigenvalue weighted by Crippen LogP contribution is 2.64. The van der Waals surface area contributed by atoms with Crippen LogP contribution in [0.5, 0.6) is 0 Å². The lowest BCUT2D eigenvalue weighted by molar-refractivity contribution is -0.139. The van der Waals surface area contributed by atoms with E-state index in [-0.39, 0.29) is 22.9 Å². The molecule has 3 unspecified atom stereocenters. The van der Waals surface area contributed by atoms with Crippen LogP contribution in [0.2, 0.25) is 0 Å². The van der Waals surface area contributed by atoms with E-state index in [1.807, 2.05) is 0 Å². The van der Waals surface area contributed by atoms with Crippen molar-refractivity contribution in [2.45, 2.75) is 97.5 Å². The molecule has 160 valence electrons. The van der Waals surface area contributed by atoms with E-state index in [9.17, 15) is 9.59 Å². The number of ketones is 1. The molecule has 0 aromatic carbocycles. The summed E-state index contributed by atoms with van der Waals surface area (Å²) >= 11 is 0. The SMILES string of the molecule is C=CC(=O)OCCCCCCCCCCCOC1C(=O)C2(C)CCC1C2(C)C. The summed E-state index contributed by atoms with van der Waals surface area (Å²) in [5, 5.41) is 0. The van der Waals surface area contributed by atoms with Crippen molar-refractivity contribution in [1.82, 2.24) is 0 Å². The summed E-state index contributed by atoms with van der Waals surface area (Å²) in [7, 11) is 0. The van der Waals surface area contributed by atoms with Gasteiger partial charge in [0.05, 0.1) is 6.61 Å². The number of rotatable bonds is 14. The van der Waals surface area contributed by atoms with Crippen LogP contribution in [-0.2, 0) is 19.1 Å². The van der Waals surface area contributed by atoms with Gasteiger partial charge in [-0.05, 0) is 37.0 Å². The molecule has 0 saturated heterocycles. The lowest BCUT2D eigenvalue weighted by Gasteiger charge is -2.31. The van der Waals surface area contributed by atoms with Gasteiger partial charge < -0.3 is 9.47 Å². The number of carbonyl (C=O) groups excluding carboxylic acids is 2. The fourth-order valence-electron chi connectivity index (χ4n) is 5.08. The number of ether oxygens (including phenoxy) is 2. The third kappa shape index (κ3) is 5.25. The lowest BCUT2D eigenvalue weighted by atomic mass is 9.70. The van der Waals surface area contributed by atoms with Gasteiger partial charge in [0.15, 0.2) is 5.78 Å². The molecule has 3 atom stereocenters. The maximum atomic E-state index is 12.7. The summed E-state index contributed by atoms with van der Waals surface area (Å²) in [5.41, 5.74) is -0.0856. The van der Waals surface area contributed by atoms with Crippen LogP contribution in [0.1, 0.15) is 91.4 Å². The molecule has 0 radical (unpaired) electrons. The molecule has 2 rings (SSSR count). The number of esters is 1. The number of unbranched alkanes of at least 4 members (excludes halogenated alkanes) is 8. The highest BCUT2D eigenvalue weighted by molar-refractivity contribution is 5.93. The molecule has 28 heavy (non-hydrogen) atoms. The maximum absolute atomic E-state index is 12.7. The number of Topliss-reactive ketones (excluding diaryl/α,β-unsaturated/α-hetero) is 1. The van der Waals surface area contributed by atoms with Crippen LogP contribution in [-0.4, -0.2) is 31.1 Å². The van der Waals surface area contributed by atoms with E-state index < -0.39 is 0 Å². The Morgan fingerprint density at radius 2 is 1.54 bits per heavy atom. The Balaban J connectivity index is 1.42. The fourth-order valence-corrected chi connectivity index (χ4v) is 5.08. The van der Waals surface area contributed by atoms with E-state index in [4.69, 9.17) is 9.47 Å². The summed E-state index contributed by atoms with van der Waals surface area (Å²) in [6.45, 7) is 11.3. The minimum absolute atomic E-state index is 0.0854. The van der Waals surface area contributed by atoms with Crippen LogP contribution in [0, 0.1) is 16.7 Å². The monoisotopic (exact) mass is 392 g/mol. The zero-order chi connectivity index (χ0) is 20.6. The molecule has 2 aliphatic rings. The van der Waals surface area contributed by atoms with E-state index in [1.54, 1.807) is 0 Å². The molecule has 0 spiro atoms. The lowest BCUT2D eigenvalue weighted by Crippen LogP contribution is -2.36. The van der Waals surface area contributed by atoms with Crippen molar-refractivity contribution < 1.29 is 19.1 Å². The van der Waals surface area contributed by atoms with Crippen LogP contribution in [0.4, 0.5) is 0 Å². The third-order valence-electron chi connectivity index (χ3n) is 7.47. The van der Waals surface area contributed by atoms with E-state index in [0.29, 0.717) is 18.3 Å². The molecule has 2 bridgehead atoms. The first-order valence-electron chi connectivity index (χ1n) is 11.3. The number of hydrogen-bond donors (Lipinski definition) is 0. The molecule has 0 aromatic rings. The molecule has 0 aliphatic heterocycles. The van der Waals surface area contributed by atoms with Gasteiger partial charge in [0.25, 0.3) is 0 Å². The van der Waals surface area contributed by atoms with Crippen LogP contribution >= 0.6 is 0 Å². The van der Waals surface area contributed by atoms with Gasteiger partial charge in [0, 0.05) is 18.1 Å². The second-order valence-electron chi connectivity index (χ2n) is 9.41. The van der Waals surface area contributed by atoms with E-state index >= 15 is 0 Å². The minimum Gasteiger partial charge on any atom is -0.463 e. The smallest absolute Gasteiger partial charge is 0.330 e. The molecule has 0 amide bonds. The van der Waals surface area contributed by atoms with Crippen molar-refractivity contribution in [1.29, 1.82) is 0 Å². The maximum Gasteiger partial charge on any atom is 0.330 e. The molecular weight excluding hydrogens is 352 g/mol. The average molecular weight is 393 g/mol. The Bertz CT molecular complexity index is 539. The van der Waals surface area contributed by atoms with Crippen LogP contribution < -0.4 is 0 Å². The standard InChI is InChI=1S/C24H40O4/c1-5-20(25)27-17-13-11-9-7-6-8-10-12-14-18-28-21-19-15-16-24(4,22(21)26)23(19,2)3/h5,19,21H,1,6-18H2,2-4H3. The highest BCUT2D eigenvalue weighted by Gasteiger charge is 2.66. The molecule has 0 aromatic heterocycles. The Labute approximate surface area is 171 Å². The van der Waals surface area contributed by atoms with Gasteiger partial charge in [-0.2, -0.15) is 0 Å². The number of hydrogen-bond acceptors (Lipinski definition) is 4.